The van der Waals surface area contributed by atoms with Crippen LogP contribution in [0.2, 0.25) is 0 Å². The number of ether oxygens (including phenoxy) is 1. The van der Waals surface area contributed by atoms with E-state index in [4.69, 9.17) is 10.5 Å². The maximum Gasteiger partial charge on any atom is 0.328 e. The van der Waals surface area contributed by atoms with Crippen molar-refractivity contribution in [3.63, 3.8) is 0 Å². The van der Waals surface area contributed by atoms with E-state index in [1.807, 2.05) is 36.4 Å². The van der Waals surface area contributed by atoms with E-state index in [9.17, 15) is 4.79 Å². The van der Waals surface area contributed by atoms with Crippen LogP contribution in [0.15, 0.2) is 42.5 Å². The minimum absolute atomic E-state index is 0.420. The van der Waals surface area contributed by atoms with E-state index in [2.05, 4.69) is 0 Å². The minimum Gasteiger partial charge on any atom is -0.425 e. The van der Waals surface area contributed by atoms with E-state index < -0.39 is 12.0 Å². The van der Waals surface area contributed by atoms with Crippen molar-refractivity contribution in [2.45, 2.75) is 13.0 Å². The first-order chi connectivity index (χ1) is 7.68. The Morgan fingerprint density at radius 1 is 1.19 bits per heavy atom. The van der Waals surface area contributed by atoms with Crippen LogP contribution in [0.5, 0.6) is 5.75 Å². The summed E-state index contributed by atoms with van der Waals surface area (Å²) >= 11 is 0. The Morgan fingerprint density at radius 2 is 1.88 bits per heavy atom. The van der Waals surface area contributed by atoms with Gasteiger partial charge in [-0.25, -0.2) is 4.79 Å². The summed E-state index contributed by atoms with van der Waals surface area (Å²) < 4.78 is 5.23. The Balaban J connectivity index is 2.41. The fraction of sp³-hybridized carbons (Fsp3) is 0.154. The van der Waals surface area contributed by atoms with Crippen molar-refractivity contribution in [2.75, 3.05) is 0 Å². The minimum atomic E-state index is -0.612. The van der Waals surface area contributed by atoms with Crippen molar-refractivity contribution < 1.29 is 9.53 Å². The quantitative estimate of drug-likeness (QED) is 0.616. The number of esters is 1. The number of nitrogens with two attached hydrogens (primary N) is 1. The summed E-state index contributed by atoms with van der Waals surface area (Å²) in [6.07, 6.45) is 0. The lowest BCUT2D eigenvalue weighted by Gasteiger charge is -2.09. The topological polar surface area (TPSA) is 52.3 Å². The highest BCUT2D eigenvalue weighted by Gasteiger charge is 2.11. The molecule has 0 amide bonds. The number of hydrogen-bond acceptors (Lipinski definition) is 3. The van der Waals surface area contributed by atoms with E-state index >= 15 is 0 Å². The van der Waals surface area contributed by atoms with Crippen LogP contribution in [0, 0.1) is 0 Å². The zero-order valence-electron chi connectivity index (χ0n) is 9.01. The largest absolute Gasteiger partial charge is 0.425 e. The third kappa shape index (κ3) is 2.04. The van der Waals surface area contributed by atoms with Gasteiger partial charge in [0.15, 0.2) is 0 Å². The first-order valence-corrected chi connectivity index (χ1v) is 5.13. The van der Waals surface area contributed by atoms with Gasteiger partial charge in [-0.1, -0.05) is 36.4 Å². The monoisotopic (exact) mass is 215 g/mol. The molecule has 3 heteroatoms. The predicted octanol–water partition coefficient (Wildman–Crippen LogP) is 2.09. The normalized spacial score (nSPS) is 12.4. The SMILES string of the molecule is C[C@@H](N)C(=O)Oc1cccc2ccccc12. The summed E-state index contributed by atoms with van der Waals surface area (Å²) in [7, 11) is 0. The molecule has 2 aromatic rings. The van der Waals surface area contributed by atoms with Crippen molar-refractivity contribution in [1.82, 2.24) is 0 Å². The van der Waals surface area contributed by atoms with Crippen molar-refractivity contribution in [2.24, 2.45) is 5.73 Å². The van der Waals surface area contributed by atoms with Gasteiger partial charge in [0.2, 0.25) is 0 Å². The molecule has 0 saturated carbocycles. The molecule has 1 atom stereocenters. The number of rotatable bonds is 2. The second kappa shape index (κ2) is 4.33. The highest BCUT2D eigenvalue weighted by molar-refractivity contribution is 5.91. The first-order valence-electron chi connectivity index (χ1n) is 5.13. The molecule has 0 bridgehead atoms. The van der Waals surface area contributed by atoms with Crippen molar-refractivity contribution in [3.8, 4) is 5.75 Å². The van der Waals surface area contributed by atoms with Crippen molar-refractivity contribution in [1.29, 1.82) is 0 Å². The predicted molar refractivity (Wildman–Crippen MR) is 63.2 cm³/mol. The van der Waals surface area contributed by atoms with Gasteiger partial charge >= 0.3 is 5.97 Å². The maximum atomic E-state index is 11.4. The van der Waals surface area contributed by atoms with Crippen LogP contribution < -0.4 is 10.5 Å². The smallest absolute Gasteiger partial charge is 0.328 e. The van der Waals surface area contributed by atoms with Gasteiger partial charge in [0.05, 0.1) is 0 Å². The van der Waals surface area contributed by atoms with Crippen LogP contribution >= 0.6 is 0 Å². The van der Waals surface area contributed by atoms with Gasteiger partial charge in [0.25, 0.3) is 0 Å². The van der Waals surface area contributed by atoms with Crippen LogP contribution in [-0.4, -0.2) is 12.0 Å². The molecule has 2 aromatic carbocycles. The van der Waals surface area contributed by atoms with E-state index in [0.717, 1.165) is 10.8 Å². The third-order valence-electron chi connectivity index (χ3n) is 2.33. The number of carbonyl (C=O) groups is 1. The molecular weight excluding hydrogens is 202 g/mol. The standard InChI is InChI=1S/C13H13NO2/c1-9(14)13(15)16-12-8-4-6-10-5-2-3-7-11(10)12/h2-9H,14H2,1H3/t9-/m1/s1. The molecule has 0 spiro atoms. The van der Waals surface area contributed by atoms with Gasteiger partial charge in [-0.15, -0.1) is 0 Å². The first kappa shape index (κ1) is 10.6. The zero-order chi connectivity index (χ0) is 11.5. The number of hydrogen-bond donors (Lipinski definition) is 1. The molecule has 0 heterocycles. The molecule has 0 fully saturated rings. The molecule has 0 aliphatic rings. The number of carbonyl (C=O) groups excluding carboxylic acids is 1. The lowest BCUT2D eigenvalue weighted by Crippen LogP contribution is -2.30. The molecule has 82 valence electrons. The molecule has 0 aliphatic heterocycles. The average Bonchev–Trinajstić information content (AvgIpc) is 2.29. The third-order valence-corrected chi connectivity index (χ3v) is 2.33. The fourth-order valence-electron chi connectivity index (χ4n) is 1.49. The summed E-state index contributed by atoms with van der Waals surface area (Å²) in [5, 5.41) is 1.96. The van der Waals surface area contributed by atoms with Gasteiger partial charge in [0.1, 0.15) is 11.8 Å². The van der Waals surface area contributed by atoms with Crippen LogP contribution in [0.3, 0.4) is 0 Å². The summed E-state index contributed by atoms with van der Waals surface area (Å²) in [6, 6.07) is 12.7. The van der Waals surface area contributed by atoms with E-state index in [1.54, 1.807) is 13.0 Å². The molecule has 16 heavy (non-hydrogen) atoms. The van der Waals surface area contributed by atoms with Gasteiger partial charge in [-0.3, -0.25) is 0 Å². The molecule has 3 nitrogen and oxygen atoms in total. The molecule has 2 N–H and O–H groups in total. The lowest BCUT2D eigenvalue weighted by atomic mass is 10.1. The van der Waals surface area contributed by atoms with E-state index in [0.29, 0.717) is 5.75 Å². The molecule has 0 aliphatic carbocycles. The average molecular weight is 215 g/mol. The number of benzene rings is 2. The Morgan fingerprint density at radius 3 is 2.62 bits per heavy atom. The fourth-order valence-corrected chi connectivity index (χ4v) is 1.49. The maximum absolute atomic E-state index is 11.4. The Kier molecular flexibility index (Phi) is 2.88. The lowest BCUT2D eigenvalue weighted by molar-refractivity contribution is -0.135. The number of fused-ring (bicyclic) bond motifs is 1. The van der Waals surface area contributed by atoms with Crippen LogP contribution in [0.1, 0.15) is 6.92 Å². The van der Waals surface area contributed by atoms with E-state index in [-0.39, 0.29) is 0 Å². The molecular formula is C13H13NO2. The zero-order valence-corrected chi connectivity index (χ0v) is 9.01. The summed E-state index contributed by atoms with van der Waals surface area (Å²) in [5.41, 5.74) is 5.45. The molecule has 0 aromatic heterocycles. The van der Waals surface area contributed by atoms with Crippen LogP contribution in [0.4, 0.5) is 0 Å². The van der Waals surface area contributed by atoms with Crippen molar-refractivity contribution >= 4 is 16.7 Å². The Labute approximate surface area is 93.8 Å². The second-order valence-electron chi connectivity index (χ2n) is 3.69. The second-order valence-corrected chi connectivity index (χ2v) is 3.69. The van der Waals surface area contributed by atoms with E-state index in [1.165, 1.54) is 0 Å². The van der Waals surface area contributed by atoms with Gasteiger partial charge in [-0.2, -0.15) is 0 Å². The van der Waals surface area contributed by atoms with Gasteiger partial charge in [-0.05, 0) is 18.4 Å². The summed E-state index contributed by atoms with van der Waals surface area (Å²) in [6.45, 7) is 1.60. The van der Waals surface area contributed by atoms with Gasteiger partial charge < -0.3 is 10.5 Å². The van der Waals surface area contributed by atoms with Crippen LogP contribution in [-0.2, 0) is 4.79 Å². The van der Waals surface area contributed by atoms with Crippen molar-refractivity contribution in [3.05, 3.63) is 42.5 Å². The molecule has 0 unspecified atom stereocenters. The summed E-state index contributed by atoms with van der Waals surface area (Å²) in [4.78, 5) is 11.4. The summed E-state index contributed by atoms with van der Waals surface area (Å²) in [5.74, 6) is 0.136. The Bertz CT molecular complexity index is 515. The molecule has 0 radical (unpaired) electrons. The highest BCUT2D eigenvalue weighted by Crippen LogP contribution is 2.25. The van der Waals surface area contributed by atoms with Gasteiger partial charge in [0, 0.05) is 5.39 Å². The van der Waals surface area contributed by atoms with Crippen LogP contribution in [0.25, 0.3) is 10.8 Å². The highest BCUT2D eigenvalue weighted by atomic mass is 16.5. The Hall–Kier alpha value is -1.87. The molecule has 0 saturated heterocycles. The molecule has 2 rings (SSSR count).